The van der Waals surface area contributed by atoms with Crippen molar-refractivity contribution < 1.29 is 14.6 Å². The summed E-state index contributed by atoms with van der Waals surface area (Å²) in [7, 11) is 0. The molecule has 0 bridgehead atoms. The maximum absolute atomic E-state index is 11.1. The van der Waals surface area contributed by atoms with Gasteiger partial charge in [-0.3, -0.25) is 4.99 Å². The fourth-order valence-electron chi connectivity index (χ4n) is 2.17. The average Bonchev–Trinajstić information content (AvgIpc) is 2.65. The molecule has 5 nitrogen and oxygen atoms in total. The van der Waals surface area contributed by atoms with Crippen LogP contribution in [0, 0.1) is 0 Å². The standard InChI is InChI=1S/C21H23ClN2O3/c1-21(2,20(25)26)27-14-17(23)12-19(15-8-4-3-5-9-15)24-13-16-10-6-7-11-18(16)22/h3-12H,13-14,23H2,1-2H3,(H,25,26). The lowest BCUT2D eigenvalue weighted by Gasteiger charge is -2.20. The van der Waals surface area contributed by atoms with Crippen LogP contribution in [-0.2, 0) is 16.1 Å². The van der Waals surface area contributed by atoms with Crippen molar-refractivity contribution in [3.63, 3.8) is 0 Å². The lowest BCUT2D eigenvalue weighted by molar-refractivity contribution is -0.160. The number of nitrogens with zero attached hydrogens (tertiary/aromatic N) is 1. The summed E-state index contributed by atoms with van der Waals surface area (Å²) in [5, 5.41) is 9.78. The van der Waals surface area contributed by atoms with E-state index < -0.39 is 11.6 Å². The number of nitrogens with two attached hydrogens (primary N) is 1. The predicted molar refractivity (Wildman–Crippen MR) is 108 cm³/mol. The molecule has 0 saturated heterocycles. The number of aliphatic carboxylic acids is 1. The number of benzene rings is 2. The molecular formula is C21H23ClN2O3. The highest BCUT2D eigenvalue weighted by Crippen LogP contribution is 2.17. The molecule has 0 spiro atoms. The van der Waals surface area contributed by atoms with E-state index in [-0.39, 0.29) is 6.61 Å². The molecule has 2 aromatic carbocycles. The van der Waals surface area contributed by atoms with E-state index in [2.05, 4.69) is 4.99 Å². The average molecular weight is 387 g/mol. The van der Waals surface area contributed by atoms with Gasteiger partial charge in [0.05, 0.1) is 18.9 Å². The van der Waals surface area contributed by atoms with Gasteiger partial charge in [-0.1, -0.05) is 60.1 Å². The van der Waals surface area contributed by atoms with Gasteiger partial charge in [-0.05, 0) is 37.1 Å². The number of halogens is 1. The molecule has 0 saturated carbocycles. The van der Waals surface area contributed by atoms with Gasteiger partial charge in [-0.25, -0.2) is 4.79 Å². The van der Waals surface area contributed by atoms with Crippen LogP contribution in [0.4, 0.5) is 0 Å². The number of allylic oxidation sites excluding steroid dienone is 1. The minimum atomic E-state index is -1.32. The quantitative estimate of drug-likeness (QED) is 0.670. The molecule has 0 amide bonds. The van der Waals surface area contributed by atoms with Gasteiger partial charge in [-0.15, -0.1) is 0 Å². The molecule has 0 aliphatic carbocycles. The lowest BCUT2D eigenvalue weighted by Crippen LogP contribution is -2.36. The first kappa shape index (κ1) is 20.7. The number of hydrogen-bond donors (Lipinski definition) is 2. The van der Waals surface area contributed by atoms with Crippen LogP contribution in [-0.4, -0.2) is 29.0 Å². The van der Waals surface area contributed by atoms with Crippen molar-refractivity contribution in [3.05, 3.63) is 82.5 Å². The van der Waals surface area contributed by atoms with Crippen molar-refractivity contribution in [2.75, 3.05) is 6.61 Å². The zero-order valence-corrected chi connectivity index (χ0v) is 16.1. The minimum Gasteiger partial charge on any atom is -0.479 e. The Morgan fingerprint density at radius 1 is 1.19 bits per heavy atom. The first-order valence-corrected chi connectivity index (χ1v) is 8.84. The lowest BCUT2D eigenvalue weighted by atomic mass is 10.1. The fourth-order valence-corrected chi connectivity index (χ4v) is 2.36. The van der Waals surface area contributed by atoms with Gasteiger partial charge < -0.3 is 15.6 Å². The van der Waals surface area contributed by atoms with Crippen molar-refractivity contribution >= 4 is 23.3 Å². The summed E-state index contributed by atoms with van der Waals surface area (Å²) in [6.45, 7) is 3.34. The van der Waals surface area contributed by atoms with Crippen LogP contribution in [0.25, 0.3) is 0 Å². The highest BCUT2D eigenvalue weighted by Gasteiger charge is 2.27. The zero-order chi connectivity index (χ0) is 19.9. The maximum Gasteiger partial charge on any atom is 0.335 e. The largest absolute Gasteiger partial charge is 0.479 e. The summed E-state index contributed by atoms with van der Waals surface area (Å²) in [6, 6.07) is 17.1. The monoisotopic (exact) mass is 386 g/mol. The van der Waals surface area contributed by atoms with Crippen LogP contribution >= 0.6 is 11.6 Å². The van der Waals surface area contributed by atoms with Crippen LogP contribution in [0.3, 0.4) is 0 Å². The molecule has 0 unspecified atom stereocenters. The van der Waals surface area contributed by atoms with Gasteiger partial charge >= 0.3 is 5.97 Å². The Kier molecular flexibility index (Phi) is 7.16. The first-order valence-electron chi connectivity index (χ1n) is 8.46. The highest BCUT2D eigenvalue weighted by atomic mass is 35.5. The van der Waals surface area contributed by atoms with Crippen LogP contribution in [0.1, 0.15) is 25.0 Å². The van der Waals surface area contributed by atoms with Crippen LogP contribution in [0.2, 0.25) is 5.02 Å². The molecule has 27 heavy (non-hydrogen) atoms. The Labute approximate surface area is 164 Å². The van der Waals surface area contributed by atoms with Crippen molar-refractivity contribution in [1.82, 2.24) is 0 Å². The second-order valence-corrected chi connectivity index (χ2v) is 6.89. The summed E-state index contributed by atoms with van der Waals surface area (Å²) in [4.78, 5) is 15.8. The van der Waals surface area contributed by atoms with E-state index in [0.717, 1.165) is 11.1 Å². The first-order chi connectivity index (χ1) is 12.8. The number of hydrogen-bond acceptors (Lipinski definition) is 4. The van der Waals surface area contributed by atoms with Gasteiger partial charge in [-0.2, -0.15) is 0 Å². The van der Waals surface area contributed by atoms with Gasteiger partial charge in [0.2, 0.25) is 0 Å². The molecular weight excluding hydrogens is 364 g/mol. The molecule has 3 N–H and O–H groups in total. The van der Waals surface area contributed by atoms with E-state index in [4.69, 9.17) is 27.2 Å². The number of rotatable bonds is 8. The summed E-state index contributed by atoms with van der Waals surface area (Å²) < 4.78 is 5.40. The Morgan fingerprint density at radius 3 is 2.44 bits per heavy atom. The van der Waals surface area contributed by atoms with Gasteiger partial charge in [0.15, 0.2) is 5.60 Å². The molecule has 0 aliphatic heterocycles. The topological polar surface area (TPSA) is 84.9 Å². The molecule has 0 aromatic heterocycles. The Hall–Kier alpha value is -2.63. The SMILES string of the molecule is CC(C)(OCC(N)=CC(=NCc1ccccc1Cl)c1ccccc1)C(=O)O. The van der Waals surface area contributed by atoms with Crippen molar-refractivity contribution in [1.29, 1.82) is 0 Å². The Bertz CT molecular complexity index is 846. The van der Waals surface area contributed by atoms with E-state index in [1.807, 2.05) is 54.6 Å². The maximum atomic E-state index is 11.1. The number of carbonyl (C=O) groups is 1. The van der Waals surface area contributed by atoms with Gasteiger partial charge in [0.25, 0.3) is 0 Å². The fraction of sp³-hybridized carbons (Fsp3) is 0.238. The Morgan fingerprint density at radius 2 is 1.81 bits per heavy atom. The molecule has 0 atom stereocenters. The highest BCUT2D eigenvalue weighted by molar-refractivity contribution is 6.31. The second-order valence-electron chi connectivity index (χ2n) is 6.48. The Balaban J connectivity index is 2.24. The van der Waals surface area contributed by atoms with Crippen molar-refractivity contribution in [2.24, 2.45) is 10.7 Å². The number of aliphatic imine (C=N–C) groups is 1. The van der Waals surface area contributed by atoms with Crippen molar-refractivity contribution in [2.45, 2.75) is 26.0 Å². The third-order valence-corrected chi connectivity index (χ3v) is 4.25. The molecule has 0 aliphatic rings. The second kappa shape index (κ2) is 9.35. The van der Waals surface area contributed by atoms with Gasteiger partial charge in [0.1, 0.15) is 0 Å². The summed E-state index contributed by atoms with van der Waals surface area (Å²) in [5.41, 5.74) is 7.59. The third kappa shape index (κ3) is 6.24. The van der Waals surface area contributed by atoms with Gasteiger partial charge in [0, 0.05) is 10.7 Å². The molecule has 0 heterocycles. The molecule has 2 rings (SSSR count). The smallest absolute Gasteiger partial charge is 0.335 e. The number of carboxylic acid groups (broad SMARTS) is 1. The molecule has 0 fully saturated rings. The summed E-state index contributed by atoms with van der Waals surface area (Å²) >= 11 is 6.20. The number of ether oxygens (including phenoxy) is 1. The molecule has 6 heteroatoms. The number of carboxylic acids is 1. The van der Waals surface area contributed by atoms with E-state index >= 15 is 0 Å². The van der Waals surface area contributed by atoms with E-state index in [0.29, 0.717) is 23.0 Å². The molecule has 2 aromatic rings. The normalized spacial score (nSPS) is 12.9. The van der Waals surface area contributed by atoms with E-state index in [9.17, 15) is 4.79 Å². The zero-order valence-electron chi connectivity index (χ0n) is 15.4. The molecule has 142 valence electrons. The molecule has 0 radical (unpaired) electrons. The predicted octanol–water partition coefficient (Wildman–Crippen LogP) is 4.05. The van der Waals surface area contributed by atoms with Crippen LogP contribution < -0.4 is 5.73 Å². The van der Waals surface area contributed by atoms with Crippen LogP contribution in [0.15, 0.2) is 71.4 Å². The van der Waals surface area contributed by atoms with E-state index in [1.165, 1.54) is 13.8 Å². The minimum absolute atomic E-state index is 0.0166. The summed E-state index contributed by atoms with van der Waals surface area (Å²) in [5.74, 6) is -1.05. The third-order valence-electron chi connectivity index (χ3n) is 3.88. The summed E-state index contributed by atoms with van der Waals surface area (Å²) in [6.07, 6.45) is 1.70. The van der Waals surface area contributed by atoms with E-state index in [1.54, 1.807) is 6.08 Å². The van der Waals surface area contributed by atoms with Crippen LogP contribution in [0.5, 0.6) is 0 Å². The van der Waals surface area contributed by atoms with Crippen molar-refractivity contribution in [3.8, 4) is 0 Å².